The van der Waals surface area contributed by atoms with Gasteiger partial charge < -0.3 is 14.7 Å². The minimum Gasteiger partial charge on any atom is -0.368 e. The van der Waals surface area contributed by atoms with E-state index in [4.69, 9.17) is 23.2 Å². The number of amides is 2. The number of benzene rings is 1. The largest absolute Gasteiger partial charge is 0.368 e. The molecule has 0 saturated carbocycles. The zero-order valence-corrected chi connectivity index (χ0v) is 22.2. The number of carbonyl (C=O) groups is 2. The molecule has 0 unspecified atom stereocenters. The Balaban J connectivity index is 1.52. The lowest BCUT2D eigenvalue weighted by Crippen LogP contribution is -2.48. The lowest BCUT2D eigenvalue weighted by molar-refractivity contribution is -0.131. The van der Waals surface area contributed by atoms with Crippen molar-refractivity contribution in [3.63, 3.8) is 0 Å². The molecular formula is C24H27Cl2N5O3S. The molecule has 1 aromatic carbocycles. The SMILES string of the molecule is CCN(CC)C(=O)Cn1cnc2sc(C(=O)N3CCN(c4ccc(Cl)c(Cl)c4)CC3)c(C)c2c1=O. The second kappa shape index (κ2) is 10.6. The molecule has 1 aliphatic heterocycles. The molecule has 1 aliphatic rings. The molecule has 2 aromatic heterocycles. The Bertz CT molecular complexity index is 1330. The number of nitrogens with zero attached hydrogens (tertiary/aromatic N) is 5. The molecule has 186 valence electrons. The smallest absolute Gasteiger partial charge is 0.264 e. The minimum absolute atomic E-state index is 0.0707. The van der Waals surface area contributed by atoms with Crippen LogP contribution in [0.5, 0.6) is 0 Å². The van der Waals surface area contributed by atoms with Gasteiger partial charge in [0.05, 0.1) is 26.6 Å². The molecule has 0 spiro atoms. The second-order valence-corrected chi connectivity index (χ2v) is 10.2. The van der Waals surface area contributed by atoms with E-state index in [1.165, 1.54) is 22.2 Å². The van der Waals surface area contributed by atoms with Gasteiger partial charge in [-0.05, 0) is 44.5 Å². The van der Waals surface area contributed by atoms with Crippen LogP contribution in [0.15, 0.2) is 29.3 Å². The first-order chi connectivity index (χ1) is 16.7. The van der Waals surface area contributed by atoms with E-state index in [2.05, 4.69) is 9.88 Å². The number of thiophene rings is 1. The molecule has 3 heterocycles. The van der Waals surface area contributed by atoms with E-state index in [9.17, 15) is 14.4 Å². The van der Waals surface area contributed by atoms with Crippen LogP contribution in [0, 0.1) is 6.92 Å². The number of anilines is 1. The summed E-state index contributed by atoms with van der Waals surface area (Å²) in [7, 11) is 0. The Hall–Kier alpha value is -2.62. The average molecular weight is 536 g/mol. The summed E-state index contributed by atoms with van der Waals surface area (Å²) in [5.74, 6) is -0.244. The molecule has 1 fully saturated rings. The van der Waals surface area contributed by atoms with Crippen molar-refractivity contribution in [3.05, 3.63) is 55.4 Å². The summed E-state index contributed by atoms with van der Waals surface area (Å²) in [5.41, 5.74) is 1.28. The van der Waals surface area contributed by atoms with Gasteiger partial charge in [-0.2, -0.15) is 0 Å². The highest BCUT2D eigenvalue weighted by atomic mass is 35.5. The van der Waals surface area contributed by atoms with Gasteiger partial charge in [0.2, 0.25) is 5.91 Å². The number of aromatic nitrogens is 2. The quantitative estimate of drug-likeness (QED) is 0.478. The summed E-state index contributed by atoms with van der Waals surface area (Å²) in [6.45, 7) is 9.07. The van der Waals surface area contributed by atoms with Gasteiger partial charge >= 0.3 is 0 Å². The van der Waals surface area contributed by atoms with Crippen molar-refractivity contribution < 1.29 is 9.59 Å². The molecule has 0 N–H and O–H groups in total. The molecule has 0 aliphatic carbocycles. The standard InChI is InChI=1S/C24H27Cl2N5O3S/c1-4-28(5-2)19(32)13-31-14-27-22-20(23(31)33)15(3)21(35-22)24(34)30-10-8-29(9-11-30)16-6-7-17(25)18(26)12-16/h6-7,12,14H,4-5,8-11,13H2,1-3H3. The Labute approximate surface area is 217 Å². The Morgan fingerprint density at radius 2 is 1.77 bits per heavy atom. The molecular weight excluding hydrogens is 509 g/mol. The van der Waals surface area contributed by atoms with Gasteiger partial charge in [-0.3, -0.25) is 19.0 Å². The maximum atomic E-state index is 13.4. The van der Waals surface area contributed by atoms with Crippen molar-refractivity contribution in [2.75, 3.05) is 44.2 Å². The number of hydrogen-bond acceptors (Lipinski definition) is 6. The Morgan fingerprint density at radius 3 is 2.40 bits per heavy atom. The molecule has 2 amide bonds. The van der Waals surface area contributed by atoms with Crippen molar-refractivity contribution >= 4 is 62.3 Å². The number of rotatable bonds is 6. The fourth-order valence-electron chi connectivity index (χ4n) is 4.29. The average Bonchev–Trinajstić information content (AvgIpc) is 3.20. The predicted molar refractivity (Wildman–Crippen MR) is 141 cm³/mol. The van der Waals surface area contributed by atoms with Crippen molar-refractivity contribution in [3.8, 4) is 0 Å². The van der Waals surface area contributed by atoms with E-state index >= 15 is 0 Å². The van der Waals surface area contributed by atoms with Crippen molar-refractivity contribution in [1.29, 1.82) is 0 Å². The molecule has 0 radical (unpaired) electrons. The van der Waals surface area contributed by atoms with Gasteiger partial charge in [-0.25, -0.2) is 4.98 Å². The van der Waals surface area contributed by atoms with E-state index in [-0.39, 0.29) is 23.9 Å². The second-order valence-electron chi connectivity index (χ2n) is 8.36. The number of aryl methyl sites for hydroxylation is 1. The third kappa shape index (κ3) is 5.03. The Kier molecular flexibility index (Phi) is 7.68. The van der Waals surface area contributed by atoms with Crippen LogP contribution in [0.1, 0.15) is 29.1 Å². The van der Waals surface area contributed by atoms with E-state index in [0.29, 0.717) is 70.0 Å². The number of hydrogen-bond donors (Lipinski definition) is 0. The first kappa shape index (κ1) is 25.5. The van der Waals surface area contributed by atoms with Gasteiger partial charge in [0, 0.05) is 45.0 Å². The first-order valence-electron chi connectivity index (χ1n) is 11.5. The summed E-state index contributed by atoms with van der Waals surface area (Å²) in [5, 5.41) is 1.41. The van der Waals surface area contributed by atoms with Crippen LogP contribution >= 0.6 is 34.5 Å². The number of likely N-dealkylation sites (N-methyl/N-ethyl adjacent to an activating group) is 1. The summed E-state index contributed by atoms with van der Waals surface area (Å²) in [6.07, 6.45) is 1.40. The lowest BCUT2D eigenvalue weighted by atomic mass is 10.2. The molecule has 11 heteroatoms. The van der Waals surface area contributed by atoms with E-state index in [1.54, 1.807) is 22.8 Å². The van der Waals surface area contributed by atoms with Gasteiger partial charge in [0.25, 0.3) is 11.5 Å². The molecule has 0 atom stereocenters. The third-order valence-electron chi connectivity index (χ3n) is 6.37. The van der Waals surface area contributed by atoms with Crippen molar-refractivity contribution in [2.45, 2.75) is 27.3 Å². The van der Waals surface area contributed by atoms with Crippen LogP contribution in [0.2, 0.25) is 10.0 Å². The fourth-order valence-corrected chi connectivity index (χ4v) is 5.69. The van der Waals surface area contributed by atoms with Crippen LogP contribution in [0.25, 0.3) is 10.2 Å². The van der Waals surface area contributed by atoms with Crippen molar-refractivity contribution in [1.82, 2.24) is 19.4 Å². The first-order valence-corrected chi connectivity index (χ1v) is 13.1. The van der Waals surface area contributed by atoms with Gasteiger partial charge in [-0.1, -0.05) is 23.2 Å². The highest BCUT2D eigenvalue weighted by Gasteiger charge is 2.27. The molecule has 0 bridgehead atoms. The monoisotopic (exact) mass is 535 g/mol. The van der Waals surface area contributed by atoms with Crippen LogP contribution in [-0.2, 0) is 11.3 Å². The van der Waals surface area contributed by atoms with Crippen molar-refractivity contribution in [2.24, 2.45) is 0 Å². The van der Waals surface area contributed by atoms with Crippen LogP contribution in [-0.4, -0.2) is 70.4 Å². The third-order valence-corrected chi connectivity index (χ3v) is 8.30. The highest BCUT2D eigenvalue weighted by molar-refractivity contribution is 7.20. The maximum Gasteiger partial charge on any atom is 0.264 e. The van der Waals surface area contributed by atoms with E-state index in [1.807, 2.05) is 26.0 Å². The van der Waals surface area contributed by atoms with Gasteiger partial charge in [-0.15, -0.1) is 11.3 Å². The predicted octanol–water partition coefficient (Wildman–Crippen LogP) is 3.90. The molecule has 35 heavy (non-hydrogen) atoms. The van der Waals surface area contributed by atoms with Crippen LogP contribution in [0.4, 0.5) is 5.69 Å². The fraction of sp³-hybridized carbons (Fsp3) is 0.417. The number of piperazine rings is 1. The number of carbonyl (C=O) groups excluding carboxylic acids is 2. The number of halogens is 2. The zero-order chi connectivity index (χ0) is 25.3. The lowest BCUT2D eigenvalue weighted by Gasteiger charge is -2.36. The highest BCUT2D eigenvalue weighted by Crippen LogP contribution is 2.30. The van der Waals surface area contributed by atoms with Crippen LogP contribution in [0.3, 0.4) is 0 Å². The van der Waals surface area contributed by atoms with Crippen LogP contribution < -0.4 is 10.5 Å². The Morgan fingerprint density at radius 1 is 1.09 bits per heavy atom. The maximum absolute atomic E-state index is 13.4. The topological polar surface area (TPSA) is 78.8 Å². The van der Waals surface area contributed by atoms with Gasteiger partial charge in [0.15, 0.2) is 0 Å². The summed E-state index contributed by atoms with van der Waals surface area (Å²) in [6, 6.07) is 5.52. The summed E-state index contributed by atoms with van der Waals surface area (Å²) < 4.78 is 1.33. The molecule has 1 saturated heterocycles. The summed E-state index contributed by atoms with van der Waals surface area (Å²) >= 11 is 13.4. The molecule has 3 aromatic rings. The zero-order valence-electron chi connectivity index (χ0n) is 19.9. The molecule has 4 rings (SSSR count). The van der Waals surface area contributed by atoms with E-state index in [0.717, 1.165) is 5.69 Å². The van der Waals surface area contributed by atoms with Gasteiger partial charge in [0.1, 0.15) is 11.4 Å². The minimum atomic E-state index is -0.298. The normalized spacial score (nSPS) is 14.0. The number of fused-ring (bicyclic) bond motifs is 1. The molecule has 8 nitrogen and oxygen atoms in total. The summed E-state index contributed by atoms with van der Waals surface area (Å²) in [4.78, 5) is 50.1. The van der Waals surface area contributed by atoms with E-state index < -0.39 is 0 Å².